The van der Waals surface area contributed by atoms with E-state index in [-0.39, 0.29) is 6.54 Å². The second-order valence-electron chi connectivity index (χ2n) is 6.54. The Balaban J connectivity index is 1.30. The van der Waals surface area contributed by atoms with Crippen molar-refractivity contribution in [2.45, 2.75) is 0 Å². The average molecular weight is 409 g/mol. The fraction of sp³-hybridized carbons (Fsp3) is 0.143. The molecule has 29 heavy (non-hydrogen) atoms. The quantitative estimate of drug-likeness (QED) is 0.483. The number of carbonyl (C=O) groups is 3. The van der Waals surface area contributed by atoms with Crippen molar-refractivity contribution in [2.75, 3.05) is 25.0 Å². The maximum atomic E-state index is 12.3. The number of carbonyl (C=O) groups excluding carboxylic acids is 3. The molecule has 0 radical (unpaired) electrons. The number of benzene rings is 2. The van der Waals surface area contributed by atoms with Crippen LogP contribution in [0.1, 0.15) is 20.7 Å². The average Bonchev–Trinajstić information content (AvgIpc) is 2.96. The molecule has 1 aliphatic rings. The summed E-state index contributed by atoms with van der Waals surface area (Å²) in [4.78, 5) is 42.0. The smallest absolute Gasteiger partial charge is 0.262 e. The Morgan fingerprint density at radius 2 is 1.72 bits per heavy atom. The highest BCUT2D eigenvalue weighted by molar-refractivity contribution is 6.31. The van der Waals surface area contributed by atoms with E-state index < -0.39 is 17.7 Å². The maximum absolute atomic E-state index is 12.3. The normalized spacial score (nSPS) is 12.9. The van der Waals surface area contributed by atoms with Crippen molar-refractivity contribution in [3.8, 4) is 0 Å². The number of nitrogens with zero attached hydrogens (tertiary/aromatic N) is 2. The highest BCUT2D eigenvalue weighted by atomic mass is 35.5. The van der Waals surface area contributed by atoms with Gasteiger partial charge < -0.3 is 10.6 Å². The van der Waals surface area contributed by atoms with Crippen molar-refractivity contribution in [1.29, 1.82) is 0 Å². The first-order valence-corrected chi connectivity index (χ1v) is 9.42. The predicted molar refractivity (Wildman–Crippen MR) is 110 cm³/mol. The van der Waals surface area contributed by atoms with Gasteiger partial charge in [-0.2, -0.15) is 0 Å². The number of rotatable bonds is 6. The third-order valence-corrected chi connectivity index (χ3v) is 4.88. The van der Waals surface area contributed by atoms with Crippen molar-refractivity contribution in [2.24, 2.45) is 0 Å². The van der Waals surface area contributed by atoms with Gasteiger partial charge in [0.2, 0.25) is 5.91 Å². The molecule has 0 aliphatic carbocycles. The lowest BCUT2D eigenvalue weighted by atomic mass is 10.1. The first-order valence-electron chi connectivity index (χ1n) is 9.04. The van der Waals surface area contributed by atoms with Crippen molar-refractivity contribution in [3.63, 3.8) is 0 Å². The molecule has 2 aromatic carbocycles. The van der Waals surface area contributed by atoms with Gasteiger partial charge in [0, 0.05) is 35.4 Å². The third-order valence-electron chi connectivity index (χ3n) is 4.65. The zero-order valence-electron chi connectivity index (χ0n) is 15.3. The van der Waals surface area contributed by atoms with Crippen molar-refractivity contribution in [1.82, 2.24) is 15.2 Å². The summed E-state index contributed by atoms with van der Waals surface area (Å²) in [5.41, 5.74) is 2.31. The molecule has 3 amide bonds. The molecule has 2 N–H and O–H groups in total. The number of imide groups is 1. The SMILES string of the molecule is O=C(CN1C(=O)c2ccccc2C1=O)NCCNc1ccnc2cc(Cl)ccc12. The summed E-state index contributed by atoms with van der Waals surface area (Å²) in [5, 5.41) is 7.50. The van der Waals surface area contributed by atoms with Crippen LogP contribution in [0.2, 0.25) is 5.02 Å². The van der Waals surface area contributed by atoms with Crippen molar-refractivity contribution < 1.29 is 14.4 Å². The number of hydrogen-bond acceptors (Lipinski definition) is 5. The number of hydrogen-bond donors (Lipinski definition) is 2. The summed E-state index contributed by atoms with van der Waals surface area (Å²) in [6.07, 6.45) is 1.68. The van der Waals surface area contributed by atoms with E-state index in [1.807, 2.05) is 12.1 Å². The van der Waals surface area contributed by atoms with Gasteiger partial charge in [0.25, 0.3) is 11.8 Å². The summed E-state index contributed by atoms with van der Waals surface area (Å²) in [6.45, 7) is 0.498. The van der Waals surface area contributed by atoms with Crippen LogP contribution < -0.4 is 10.6 Å². The van der Waals surface area contributed by atoms with Crippen LogP contribution in [0, 0.1) is 0 Å². The number of halogens is 1. The number of fused-ring (bicyclic) bond motifs is 2. The second-order valence-corrected chi connectivity index (χ2v) is 6.98. The van der Waals surface area contributed by atoms with Crippen LogP contribution in [0.25, 0.3) is 10.9 Å². The molecule has 0 unspecified atom stereocenters. The lowest BCUT2D eigenvalue weighted by Crippen LogP contribution is -2.41. The molecular formula is C21H17ClN4O3. The molecule has 1 aromatic heterocycles. The van der Waals surface area contributed by atoms with E-state index in [4.69, 9.17) is 11.6 Å². The Morgan fingerprint density at radius 3 is 2.45 bits per heavy atom. The molecule has 0 saturated carbocycles. The second kappa shape index (κ2) is 7.89. The fourth-order valence-corrected chi connectivity index (χ4v) is 3.42. The van der Waals surface area contributed by atoms with E-state index in [0.717, 1.165) is 21.5 Å². The van der Waals surface area contributed by atoms with E-state index in [1.54, 1.807) is 42.6 Å². The Labute approximate surface area is 171 Å². The molecule has 1 aliphatic heterocycles. The van der Waals surface area contributed by atoms with Gasteiger partial charge >= 0.3 is 0 Å². The molecule has 0 saturated heterocycles. The lowest BCUT2D eigenvalue weighted by molar-refractivity contribution is -0.121. The highest BCUT2D eigenvalue weighted by Gasteiger charge is 2.36. The molecule has 0 atom stereocenters. The lowest BCUT2D eigenvalue weighted by Gasteiger charge is -2.14. The van der Waals surface area contributed by atoms with Gasteiger partial charge in [-0.05, 0) is 36.4 Å². The van der Waals surface area contributed by atoms with Gasteiger partial charge in [-0.25, -0.2) is 0 Å². The Kier molecular flexibility index (Phi) is 5.14. The topological polar surface area (TPSA) is 91.4 Å². The van der Waals surface area contributed by atoms with Crippen LogP contribution >= 0.6 is 11.6 Å². The van der Waals surface area contributed by atoms with Crippen molar-refractivity contribution >= 4 is 45.9 Å². The number of aromatic nitrogens is 1. The van der Waals surface area contributed by atoms with E-state index in [1.165, 1.54) is 0 Å². The van der Waals surface area contributed by atoms with Crippen LogP contribution in [-0.4, -0.2) is 47.2 Å². The molecule has 146 valence electrons. The molecule has 0 bridgehead atoms. The molecule has 0 spiro atoms. The minimum Gasteiger partial charge on any atom is -0.383 e. The standard InChI is InChI=1S/C21H17ClN4O3/c22-13-5-6-16-17(7-8-23-18(16)11-13)24-9-10-25-19(27)12-26-20(28)14-3-1-2-4-15(14)21(26)29/h1-8,11H,9-10,12H2,(H,23,24)(H,25,27). The zero-order valence-corrected chi connectivity index (χ0v) is 16.1. The van der Waals surface area contributed by atoms with Crippen LogP contribution in [0.3, 0.4) is 0 Å². The first-order chi connectivity index (χ1) is 14.0. The summed E-state index contributed by atoms with van der Waals surface area (Å²) in [5.74, 6) is -1.28. The van der Waals surface area contributed by atoms with Crippen LogP contribution in [-0.2, 0) is 4.79 Å². The highest BCUT2D eigenvalue weighted by Crippen LogP contribution is 2.24. The summed E-state index contributed by atoms with van der Waals surface area (Å²) in [7, 11) is 0. The summed E-state index contributed by atoms with van der Waals surface area (Å²) < 4.78 is 0. The number of pyridine rings is 1. The monoisotopic (exact) mass is 408 g/mol. The summed E-state index contributed by atoms with van der Waals surface area (Å²) in [6, 6.07) is 13.9. The van der Waals surface area contributed by atoms with E-state index >= 15 is 0 Å². The van der Waals surface area contributed by atoms with Gasteiger partial charge in [0.1, 0.15) is 6.54 Å². The Bertz CT molecular complexity index is 1100. The van der Waals surface area contributed by atoms with E-state index in [0.29, 0.717) is 29.2 Å². The fourth-order valence-electron chi connectivity index (χ4n) is 3.26. The molecule has 7 nitrogen and oxygen atoms in total. The van der Waals surface area contributed by atoms with Gasteiger partial charge in [-0.1, -0.05) is 23.7 Å². The molecule has 8 heteroatoms. The maximum Gasteiger partial charge on any atom is 0.262 e. The minimum absolute atomic E-state index is 0.303. The van der Waals surface area contributed by atoms with Crippen molar-refractivity contribution in [3.05, 3.63) is 70.9 Å². The van der Waals surface area contributed by atoms with E-state index in [9.17, 15) is 14.4 Å². The van der Waals surface area contributed by atoms with Crippen LogP contribution in [0.4, 0.5) is 5.69 Å². The van der Waals surface area contributed by atoms with Crippen LogP contribution in [0.15, 0.2) is 54.7 Å². The molecule has 2 heterocycles. The van der Waals surface area contributed by atoms with Crippen LogP contribution in [0.5, 0.6) is 0 Å². The molecular weight excluding hydrogens is 392 g/mol. The number of amides is 3. The van der Waals surface area contributed by atoms with Gasteiger partial charge in [-0.3, -0.25) is 24.3 Å². The minimum atomic E-state index is -0.444. The molecule has 0 fully saturated rings. The number of nitrogens with one attached hydrogen (secondary N) is 2. The molecule has 3 aromatic rings. The largest absolute Gasteiger partial charge is 0.383 e. The number of anilines is 1. The summed E-state index contributed by atoms with van der Waals surface area (Å²) >= 11 is 5.99. The first kappa shape index (κ1) is 18.9. The van der Waals surface area contributed by atoms with E-state index in [2.05, 4.69) is 15.6 Å². The Hall–Kier alpha value is -3.45. The Morgan fingerprint density at radius 1 is 1.00 bits per heavy atom. The third kappa shape index (κ3) is 3.77. The zero-order chi connectivity index (χ0) is 20.4. The predicted octanol–water partition coefficient (Wildman–Crippen LogP) is 2.71. The molecule has 4 rings (SSSR count). The van der Waals surface area contributed by atoms with Gasteiger partial charge in [0.05, 0.1) is 16.6 Å². The van der Waals surface area contributed by atoms with Gasteiger partial charge in [-0.15, -0.1) is 0 Å². The van der Waals surface area contributed by atoms with Gasteiger partial charge in [0.15, 0.2) is 0 Å².